The van der Waals surface area contributed by atoms with Gasteiger partial charge in [-0.3, -0.25) is 24.1 Å². The van der Waals surface area contributed by atoms with Crippen molar-refractivity contribution in [3.05, 3.63) is 41.5 Å². The predicted octanol–water partition coefficient (Wildman–Crippen LogP) is 1.89. The van der Waals surface area contributed by atoms with Crippen LogP contribution in [0.1, 0.15) is 64.0 Å². The molecule has 260 valence electrons. The maximum atomic E-state index is 12.6. The molecule has 14 nitrogen and oxygen atoms in total. The van der Waals surface area contributed by atoms with E-state index in [9.17, 15) is 34.2 Å². The molecule has 0 aromatic heterocycles. The van der Waals surface area contributed by atoms with Crippen molar-refractivity contribution in [2.45, 2.75) is 84.4 Å². The van der Waals surface area contributed by atoms with Crippen molar-refractivity contribution >= 4 is 29.7 Å². The Hall–Kier alpha value is -3.85. The zero-order valence-corrected chi connectivity index (χ0v) is 27.2. The minimum atomic E-state index is -1.18. The number of amides is 3. The lowest BCUT2D eigenvalue weighted by atomic mass is 9.91. The fraction of sp³-hybridized carbons (Fsp3) is 0.606. The fourth-order valence-corrected chi connectivity index (χ4v) is 4.65. The lowest BCUT2D eigenvalue weighted by Crippen LogP contribution is -2.42. The van der Waals surface area contributed by atoms with Crippen LogP contribution < -0.4 is 10.1 Å². The van der Waals surface area contributed by atoms with E-state index in [4.69, 9.17) is 23.7 Å². The quantitative estimate of drug-likeness (QED) is 0.105. The molecule has 47 heavy (non-hydrogen) atoms. The number of aliphatic hydroxyl groups is 1. The highest BCUT2D eigenvalue weighted by atomic mass is 16.7. The van der Waals surface area contributed by atoms with Gasteiger partial charge in [-0.05, 0) is 50.8 Å². The molecule has 0 bridgehead atoms. The van der Waals surface area contributed by atoms with Crippen LogP contribution in [0.4, 0.5) is 0 Å². The van der Waals surface area contributed by atoms with Crippen molar-refractivity contribution in [3.8, 4) is 5.75 Å². The van der Waals surface area contributed by atoms with Crippen molar-refractivity contribution in [2.75, 3.05) is 39.5 Å². The first-order chi connectivity index (χ1) is 22.4. The molecule has 3 rings (SSSR count). The summed E-state index contributed by atoms with van der Waals surface area (Å²) in [6, 6.07) is 5.45. The standard InChI is InChI=1S/C33H46N2O12/c1-4-33(2,3)32(42)45-21-23-18-22(7-8-25(23)46-30-20-24(36)19-26(47-30)31(40)41)6-5-14-43-16-17-44-15-12-34-27(37)11-13-35-28(38)9-10-29(35)39/h7-10,18,24,26,30,36H,4-6,11-17,19-21H2,1-3H3,(H,34,37)(H,40,41). The van der Waals surface area contributed by atoms with Gasteiger partial charge in [0.1, 0.15) is 12.4 Å². The number of aliphatic carboxylic acids is 1. The number of ether oxygens (including phenoxy) is 5. The third-order valence-electron chi connectivity index (χ3n) is 7.88. The molecule has 0 aliphatic carbocycles. The number of rotatable bonds is 20. The number of imide groups is 1. The van der Waals surface area contributed by atoms with Gasteiger partial charge in [0.25, 0.3) is 11.8 Å². The number of aryl methyl sites for hydroxylation is 1. The zero-order chi connectivity index (χ0) is 34.4. The molecule has 1 fully saturated rings. The summed E-state index contributed by atoms with van der Waals surface area (Å²) in [7, 11) is 0. The van der Waals surface area contributed by atoms with Crippen molar-refractivity contribution in [2.24, 2.45) is 5.41 Å². The van der Waals surface area contributed by atoms with Gasteiger partial charge in [-0.15, -0.1) is 0 Å². The molecule has 3 atom stereocenters. The minimum Gasteiger partial charge on any atom is -0.479 e. The molecule has 3 unspecified atom stereocenters. The second kappa shape index (κ2) is 18.5. The number of carboxylic acids is 1. The van der Waals surface area contributed by atoms with Gasteiger partial charge in [-0.1, -0.05) is 13.0 Å². The third-order valence-corrected chi connectivity index (χ3v) is 7.88. The van der Waals surface area contributed by atoms with E-state index >= 15 is 0 Å². The smallest absolute Gasteiger partial charge is 0.333 e. The molecule has 1 aromatic carbocycles. The summed E-state index contributed by atoms with van der Waals surface area (Å²) in [6.07, 6.45) is 1.39. The van der Waals surface area contributed by atoms with E-state index < -0.39 is 41.7 Å². The molecule has 2 aliphatic heterocycles. The summed E-state index contributed by atoms with van der Waals surface area (Å²) in [5.41, 5.74) is 0.890. The molecule has 3 amide bonds. The predicted molar refractivity (Wildman–Crippen MR) is 166 cm³/mol. The van der Waals surface area contributed by atoms with E-state index in [0.29, 0.717) is 56.9 Å². The average molecular weight is 663 g/mol. The first-order valence-corrected chi connectivity index (χ1v) is 15.9. The van der Waals surface area contributed by atoms with Gasteiger partial charge in [0.05, 0.1) is 31.3 Å². The van der Waals surface area contributed by atoms with Gasteiger partial charge in [-0.25, -0.2) is 4.79 Å². The number of benzene rings is 1. The molecular formula is C33H46N2O12. The number of hydrogen-bond acceptors (Lipinski definition) is 11. The van der Waals surface area contributed by atoms with Crippen LogP contribution in [0.2, 0.25) is 0 Å². The summed E-state index contributed by atoms with van der Waals surface area (Å²) < 4.78 is 28.2. The Morgan fingerprint density at radius 2 is 1.74 bits per heavy atom. The Labute approximate surface area is 274 Å². The Kier molecular flexibility index (Phi) is 14.8. The number of nitrogens with one attached hydrogen (secondary N) is 1. The third kappa shape index (κ3) is 12.4. The first-order valence-electron chi connectivity index (χ1n) is 15.9. The number of hydrogen-bond donors (Lipinski definition) is 3. The number of esters is 1. The second-order valence-corrected chi connectivity index (χ2v) is 12.0. The van der Waals surface area contributed by atoms with Gasteiger partial charge in [-0.2, -0.15) is 0 Å². The van der Waals surface area contributed by atoms with Crippen LogP contribution in [-0.2, 0) is 55.9 Å². The van der Waals surface area contributed by atoms with Crippen LogP contribution >= 0.6 is 0 Å². The molecule has 1 saturated heterocycles. The van der Waals surface area contributed by atoms with Gasteiger partial charge in [0.2, 0.25) is 12.2 Å². The minimum absolute atomic E-state index is 0.0218. The molecule has 14 heteroatoms. The van der Waals surface area contributed by atoms with Crippen molar-refractivity contribution in [1.82, 2.24) is 10.2 Å². The van der Waals surface area contributed by atoms with Gasteiger partial charge >= 0.3 is 11.9 Å². The molecular weight excluding hydrogens is 616 g/mol. The van der Waals surface area contributed by atoms with Crippen LogP contribution in [0.5, 0.6) is 5.75 Å². The van der Waals surface area contributed by atoms with E-state index in [0.717, 1.165) is 10.5 Å². The number of carbonyl (C=O) groups excluding carboxylic acids is 4. The zero-order valence-electron chi connectivity index (χ0n) is 27.2. The van der Waals surface area contributed by atoms with E-state index in [2.05, 4.69) is 5.32 Å². The monoisotopic (exact) mass is 662 g/mol. The maximum Gasteiger partial charge on any atom is 0.333 e. The average Bonchev–Trinajstić information content (AvgIpc) is 3.36. The highest BCUT2D eigenvalue weighted by Gasteiger charge is 2.34. The summed E-state index contributed by atoms with van der Waals surface area (Å²) in [5, 5.41) is 22.1. The van der Waals surface area contributed by atoms with E-state index in [-0.39, 0.29) is 50.9 Å². The number of nitrogens with zero attached hydrogens (tertiary/aromatic N) is 1. The fourth-order valence-electron chi connectivity index (χ4n) is 4.65. The number of aliphatic hydroxyl groups excluding tert-OH is 1. The molecule has 0 spiro atoms. The highest BCUT2D eigenvalue weighted by Crippen LogP contribution is 2.29. The van der Waals surface area contributed by atoms with Gasteiger partial charge < -0.3 is 39.2 Å². The molecule has 1 aromatic rings. The Morgan fingerprint density at radius 3 is 2.43 bits per heavy atom. The Morgan fingerprint density at radius 1 is 1.04 bits per heavy atom. The summed E-state index contributed by atoms with van der Waals surface area (Å²) in [6.45, 7) is 7.26. The maximum absolute atomic E-state index is 12.6. The molecule has 2 aliphatic rings. The van der Waals surface area contributed by atoms with E-state index in [1.54, 1.807) is 19.9 Å². The van der Waals surface area contributed by atoms with Crippen molar-refractivity contribution < 1.29 is 57.9 Å². The van der Waals surface area contributed by atoms with E-state index in [1.165, 1.54) is 12.2 Å². The largest absolute Gasteiger partial charge is 0.479 e. The van der Waals surface area contributed by atoms with E-state index in [1.807, 2.05) is 19.1 Å². The Balaban J connectivity index is 1.38. The highest BCUT2D eigenvalue weighted by molar-refractivity contribution is 6.13. The first kappa shape index (κ1) is 37.6. The van der Waals surface area contributed by atoms with Gasteiger partial charge in [0.15, 0.2) is 6.10 Å². The summed E-state index contributed by atoms with van der Waals surface area (Å²) in [4.78, 5) is 60.0. The van der Waals surface area contributed by atoms with Crippen LogP contribution in [0.15, 0.2) is 30.4 Å². The van der Waals surface area contributed by atoms with Crippen molar-refractivity contribution in [1.29, 1.82) is 0 Å². The van der Waals surface area contributed by atoms with Crippen LogP contribution in [0.3, 0.4) is 0 Å². The number of carbonyl (C=O) groups is 5. The molecule has 2 heterocycles. The normalized spacial score (nSPS) is 19.6. The SMILES string of the molecule is CCC(C)(C)C(=O)OCc1cc(CCCOCCOCCNC(=O)CCN2C(=O)C=CC2=O)ccc1OC1CC(O)CC(C(=O)O)O1. The topological polar surface area (TPSA) is 187 Å². The molecule has 3 N–H and O–H groups in total. The van der Waals surface area contributed by atoms with Gasteiger partial charge in [0, 0.05) is 56.7 Å². The lowest BCUT2D eigenvalue weighted by Gasteiger charge is -2.31. The second-order valence-electron chi connectivity index (χ2n) is 12.0. The lowest BCUT2D eigenvalue weighted by molar-refractivity contribution is -0.195. The molecule has 0 radical (unpaired) electrons. The summed E-state index contributed by atoms with van der Waals surface area (Å²) in [5.74, 6) is -2.27. The summed E-state index contributed by atoms with van der Waals surface area (Å²) >= 11 is 0. The van der Waals surface area contributed by atoms with Crippen molar-refractivity contribution in [3.63, 3.8) is 0 Å². The Bertz CT molecular complexity index is 1260. The molecule has 0 saturated carbocycles. The number of carboxylic acid groups (broad SMARTS) is 1. The van der Waals surface area contributed by atoms with Crippen LogP contribution in [-0.4, -0.2) is 103 Å². The van der Waals surface area contributed by atoms with Crippen LogP contribution in [0.25, 0.3) is 0 Å². The van der Waals surface area contributed by atoms with Crippen LogP contribution in [0, 0.1) is 5.41 Å².